The maximum Gasteiger partial charge on any atom is 0.176 e. The predicted octanol–water partition coefficient (Wildman–Crippen LogP) is 2.12. The number of rotatable bonds is 2. The number of nitrogens with zero attached hydrogens (tertiary/aromatic N) is 3. The van der Waals surface area contributed by atoms with Crippen LogP contribution in [0.5, 0.6) is 0 Å². The van der Waals surface area contributed by atoms with E-state index in [-0.39, 0.29) is 6.42 Å². The number of hydrogen-bond donors (Lipinski definition) is 0. The van der Waals surface area contributed by atoms with E-state index in [0.29, 0.717) is 36.2 Å². The van der Waals surface area contributed by atoms with Crippen LogP contribution in [0.25, 0.3) is 0 Å². The van der Waals surface area contributed by atoms with E-state index in [2.05, 4.69) is 21.0 Å². The van der Waals surface area contributed by atoms with Crippen molar-refractivity contribution in [2.24, 2.45) is 7.05 Å². The SMILES string of the molecule is Cn1nc(C#N)c(Br)c1CC1(F)CCOCC1. The Morgan fingerprint density at radius 2 is 2.24 bits per heavy atom. The molecular weight excluding hydrogens is 289 g/mol. The first-order valence-corrected chi connectivity index (χ1v) is 6.23. The number of alkyl halides is 1. The minimum Gasteiger partial charge on any atom is -0.381 e. The van der Waals surface area contributed by atoms with Gasteiger partial charge in [-0.15, -0.1) is 0 Å². The lowest BCUT2D eigenvalue weighted by molar-refractivity contribution is -0.00913. The molecule has 1 aromatic heterocycles. The van der Waals surface area contributed by atoms with Gasteiger partial charge < -0.3 is 4.74 Å². The lowest BCUT2D eigenvalue weighted by Gasteiger charge is -2.29. The normalized spacial score (nSPS) is 18.9. The summed E-state index contributed by atoms with van der Waals surface area (Å²) < 4.78 is 21.8. The molecule has 4 nitrogen and oxygen atoms in total. The summed E-state index contributed by atoms with van der Waals surface area (Å²) in [5.74, 6) is 0. The molecular formula is C11H13BrFN3O. The number of hydrogen-bond acceptors (Lipinski definition) is 3. The van der Waals surface area contributed by atoms with Gasteiger partial charge >= 0.3 is 0 Å². The molecule has 17 heavy (non-hydrogen) atoms. The first-order chi connectivity index (χ1) is 8.06. The molecule has 2 rings (SSSR count). The van der Waals surface area contributed by atoms with Gasteiger partial charge in [-0.2, -0.15) is 10.4 Å². The van der Waals surface area contributed by atoms with Crippen LogP contribution in [0.4, 0.5) is 4.39 Å². The summed E-state index contributed by atoms with van der Waals surface area (Å²) in [6, 6.07) is 1.98. The lowest BCUT2D eigenvalue weighted by Crippen LogP contribution is -2.34. The topological polar surface area (TPSA) is 50.8 Å². The van der Waals surface area contributed by atoms with Crippen molar-refractivity contribution in [2.45, 2.75) is 24.9 Å². The van der Waals surface area contributed by atoms with E-state index in [4.69, 9.17) is 10.00 Å². The zero-order valence-electron chi connectivity index (χ0n) is 9.54. The van der Waals surface area contributed by atoms with Crippen molar-refractivity contribution < 1.29 is 9.13 Å². The Bertz CT molecular complexity index is 460. The van der Waals surface area contributed by atoms with Gasteiger partial charge in [0.1, 0.15) is 11.7 Å². The van der Waals surface area contributed by atoms with Crippen LogP contribution in [0.15, 0.2) is 4.47 Å². The predicted molar refractivity (Wildman–Crippen MR) is 63.2 cm³/mol. The Kier molecular flexibility index (Phi) is 3.50. The second-order valence-corrected chi connectivity index (χ2v) is 5.08. The highest BCUT2D eigenvalue weighted by molar-refractivity contribution is 9.10. The molecule has 1 saturated heterocycles. The lowest BCUT2D eigenvalue weighted by atomic mass is 9.91. The van der Waals surface area contributed by atoms with Gasteiger partial charge in [0.2, 0.25) is 0 Å². The van der Waals surface area contributed by atoms with Crippen molar-refractivity contribution in [3.8, 4) is 6.07 Å². The Labute approximate surface area is 107 Å². The fraction of sp³-hybridized carbons (Fsp3) is 0.636. The number of nitriles is 1. The van der Waals surface area contributed by atoms with E-state index < -0.39 is 5.67 Å². The van der Waals surface area contributed by atoms with Crippen molar-refractivity contribution in [1.29, 1.82) is 5.26 Å². The highest BCUT2D eigenvalue weighted by Gasteiger charge is 2.34. The third-order valence-electron chi connectivity index (χ3n) is 3.08. The van der Waals surface area contributed by atoms with E-state index in [0.717, 1.165) is 5.69 Å². The van der Waals surface area contributed by atoms with Crippen LogP contribution in [-0.2, 0) is 18.2 Å². The largest absolute Gasteiger partial charge is 0.381 e. The van der Waals surface area contributed by atoms with E-state index in [1.54, 1.807) is 11.7 Å². The van der Waals surface area contributed by atoms with Gasteiger partial charge in [-0.1, -0.05) is 0 Å². The van der Waals surface area contributed by atoms with Crippen LogP contribution in [0.3, 0.4) is 0 Å². The van der Waals surface area contributed by atoms with Crippen molar-refractivity contribution in [2.75, 3.05) is 13.2 Å². The molecule has 0 aromatic carbocycles. The summed E-state index contributed by atoms with van der Waals surface area (Å²) in [6.07, 6.45) is 1.06. The molecule has 0 unspecified atom stereocenters. The van der Waals surface area contributed by atoms with Crippen molar-refractivity contribution in [3.63, 3.8) is 0 Å². The monoisotopic (exact) mass is 301 g/mol. The fourth-order valence-corrected chi connectivity index (χ4v) is 2.58. The molecule has 1 aromatic rings. The van der Waals surface area contributed by atoms with Crippen molar-refractivity contribution in [3.05, 3.63) is 15.9 Å². The fourth-order valence-electron chi connectivity index (χ4n) is 2.01. The molecule has 1 aliphatic heterocycles. The molecule has 1 aliphatic rings. The Hall–Kier alpha value is -0.930. The standard InChI is InChI=1S/C11H13BrFN3O/c1-16-9(10(12)8(7-14)15-16)6-11(13)2-4-17-5-3-11/h2-6H2,1H3. The smallest absolute Gasteiger partial charge is 0.176 e. The van der Waals surface area contributed by atoms with Gasteiger partial charge in [-0.3, -0.25) is 4.68 Å². The molecule has 0 N–H and O–H groups in total. The third-order valence-corrected chi connectivity index (χ3v) is 3.91. The van der Waals surface area contributed by atoms with Crippen molar-refractivity contribution >= 4 is 15.9 Å². The average molecular weight is 302 g/mol. The number of ether oxygens (including phenoxy) is 1. The summed E-state index contributed by atoms with van der Waals surface area (Å²) in [5.41, 5.74) is -0.217. The van der Waals surface area contributed by atoms with Gasteiger partial charge in [-0.25, -0.2) is 4.39 Å². The number of halogens is 2. The second kappa shape index (κ2) is 4.75. The first kappa shape index (κ1) is 12.5. The van der Waals surface area contributed by atoms with Crippen LogP contribution in [0, 0.1) is 11.3 Å². The molecule has 92 valence electrons. The van der Waals surface area contributed by atoms with Crippen LogP contribution in [-0.4, -0.2) is 28.7 Å². The minimum atomic E-state index is -1.25. The van der Waals surface area contributed by atoms with Gasteiger partial charge in [-0.05, 0) is 15.9 Å². The molecule has 0 bridgehead atoms. The van der Waals surface area contributed by atoms with Crippen LogP contribution in [0.2, 0.25) is 0 Å². The van der Waals surface area contributed by atoms with Gasteiger partial charge in [0.15, 0.2) is 5.69 Å². The molecule has 0 aliphatic carbocycles. The molecule has 1 fully saturated rings. The summed E-state index contributed by atoms with van der Waals surface area (Å²) >= 11 is 3.31. The summed E-state index contributed by atoms with van der Waals surface area (Å²) in [7, 11) is 1.73. The highest BCUT2D eigenvalue weighted by atomic mass is 79.9. The van der Waals surface area contributed by atoms with Crippen LogP contribution >= 0.6 is 15.9 Å². The molecule has 0 radical (unpaired) electrons. The third kappa shape index (κ3) is 2.50. The average Bonchev–Trinajstić information content (AvgIpc) is 2.57. The summed E-state index contributed by atoms with van der Waals surface area (Å²) in [6.45, 7) is 0.911. The first-order valence-electron chi connectivity index (χ1n) is 5.44. The maximum absolute atomic E-state index is 14.5. The molecule has 0 spiro atoms. The highest BCUT2D eigenvalue weighted by Crippen LogP contribution is 2.32. The number of aromatic nitrogens is 2. The van der Waals surface area contributed by atoms with Crippen molar-refractivity contribution in [1.82, 2.24) is 9.78 Å². The van der Waals surface area contributed by atoms with E-state index in [9.17, 15) is 4.39 Å². The van der Waals surface area contributed by atoms with E-state index >= 15 is 0 Å². The van der Waals surface area contributed by atoms with Crippen LogP contribution in [0.1, 0.15) is 24.2 Å². The minimum absolute atomic E-state index is 0.266. The molecule has 0 saturated carbocycles. The maximum atomic E-state index is 14.5. The van der Waals surface area contributed by atoms with E-state index in [1.165, 1.54) is 0 Å². The summed E-state index contributed by atoms with van der Waals surface area (Å²) in [4.78, 5) is 0. The van der Waals surface area contributed by atoms with Crippen LogP contribution < -0.4 is 0 Å². The van der Waals surface area contributed by atoms with Gasteiger partial charge in [0.05, 0.1) is 10.2 Å². The van der Waals surface area contributed by atoms with Gasteiger partial charge in [0.25, 0.3) is 0 Å². The quantitative estimate of drug-likeness (QED) is 0.841. The molecule has 6 heteroatoms. The Morgan fingerprint density at radius 1 is 1.59 bits per heavy atom. The summed E-state index contributed by atoms with van der Waals surface area (Å²) in [5, 5.41) is 12.9. The van der Waals surface area contributed by atoms with Gasteiger partial charge in [0, 0.05) is 39.5 Å². The Balaban J connectivity index is 2.24. The zero-order valence-corrected chi connectivity index (χ0v) is 11.1. The second-order valence-electron chi connectivity index (χ2n) is 4.28. The number of aryl methyl sites for hydroxylation is 1. The molecule has 2 heterocycles. The Morgan fingerprint density at radius 3 is 2.76 bits per heavy atom. The molecule has 0 amide bonds. The zero-order chi connectivity index (χ0) is 12.5. The van der Waals surface area contributed by atoms with E-state index in [1.807, 2.05) is 6.07 Å². The molecule has 0 atom stereocenters.